The van der Waals surface area contributed by atoms with Crippen LogP contribution in [0, 0.1) is 0 Å². The second-order valence-electron chi connectivity index (χ2n) is 5.40. The van der Waals surface area contributed by atoms with E-state index in [0.717, 1.165) is 28.6 Å². The van der Waals surface area contributed by atoms with Gasteiger partial charge in [0.2, 0.25) is 0 Å². The predicted molar refractivity (Wildman–Crippen MR) is 91.0 cm³/mol. The molecule has 0 spiro atoms. The Morgan fingerprint density at radius 1 is 1.19 bits per heavy atom. The van der Waals surface area contributed by atoms with Crippen molar-refractivity contribution in [2.45, 2.75) is 6.18 Å². The number of H-pyrrole nitrogens is 1. The minimum absolute atomic E-state index is 0.0458. The molecular formula is C18H14F3N3O2. The highest BCUT2D eigenvalue weighted by Crippen LogP contribution is 2.31. The number of carbonyl (C=O) groups is 1. The molecule has 1 aromatic heterocycles. The maximum Gasteiger partial charge on any atom is 0.416 e. The number of para-hydroxylation sites is 1. The number of hydrogen-bond acceptors (Lipinski definition) is 3. The Morgan fingerprint density at radius 3 is 2.81 bits per heavy atom. The van der Waals surface area contributed by atoms with Crippen LogP contribution >= 0.6 is 0 Å². The Labute approximate surface area is 146 Å². The Balaban J connectivity index is 1.55. The number of fused-ring (bicyclic) bond motifs is 1. The van der Waals surface area contributed by atoms with Crippen LogP contribution < -0.4 is 10.2 Å². The molecule has 0 saturated carbocycles. The van der Waals surface area contributed by atoms with Crippen molar-refractivity contribution in [2.75, 3.05) is 6.61 Å². The molecule has 0 atom stereocenters. The number of ether oxygens (including phenoxy) is 1. The van der Waals surface area contributed by atoms with Crippen LogP contribution in [0.3, 0.4) is 0 Å². The maximum atomic E-state index is 12.6. The third-order valence-electron chi connectivity index (χ3n) is 3.55. The minimum atomic E-state index is -4.47. The second-order valence-corrected chi connectivity index (χ2v) is 5.40. The second kappa shape index (κ2) is 7.30. The summed E-state index contributed by atoms with van der Waals surface area (Å²) < 4.78 is 42.9. The van der Waals surface area contributed by atoms with Gasteiger partial charge in [0.25, 0.3) is 5.91 Å². The van der Waals surface area contributed by atoms with Gasteiger partial charge in [0.15, 0.2) is 6.61 Å². The van der Waals surface area contributed by atoms with E-state index in [0.29, 0.717) is 0 Å². The van der Waals surface area contributed by atoms with Crippen molar-refractivity contribution in [3.63, 3.8) is 0 Å². The van der Waals surface area contributed by atoms with Gasteiger partial charge in [-0.1, -0.05) is 24.3 Å². The van der Waals surface area contributed by atoms with Crippen molar-refractivity contribution in [3.8, 4) is 5.75 Å². The average Bonchev–Trinajstić information content (AvgIpc) is 3.03. The molecule has 134 valence electrons. The van der Waals surface area contributed by atoms with Crippen LogP contribution in [-0.4, -0.2) is 23.7 Å². The number of rotatable bonds is 5. The van der Waals surface area contributed by atoms with Gasteiger partial charge in [-0.05, 0) is 24.3 Å². The predicted octanol–water partition coefficient (Wildman–Crippen LogP) is 3.72. The number of aromatic amines is 1. The standard InChI is InChI=1S/C18H14F3N3O2/c19-18(20,21)13-4-3-5-14(8-13)26-11-17(25)24-23-10-12-9-22-16-7-2-1-6-15(12)16/h1-10,22H,11H2,(H,24,25)/b23-10+. The van der Waals surface area contributed by atoms with Crippen LogP contribution in [0.25, 0.3) is 10.9 Å². The van der Waals surface area contributed by atoms with E-state index >= 15 is 0 Å². The zero-order chi connectivity index (χ0) is 18.6. The van der Waals surface area contributed by atoms with E-state index in [2.05, 4.69) is 15.5 Å². The van der Waals surface area contributed by atoms with Crippen molar-refractivity contribution < 1.29 is 22.7 Å². The van der Waals surface area contributed by atoms with Crippen LogP contribution in [0.15, 0.2) is 59.8 Å². The topological polar surface area (TPSA) is 66.5 Å². The summed E-state index contributed by atoms with van der Waals surface area (Å²) in [5.41, 5.74) is 3.16. The molecule has 0 unspecified atom stereocenters. The molecule has 26 heavy (non-hydrogen) atoms. The van der Waals surface area contributed by atoms with Crippen LogP contribution in [0.5, 0.6) is 5.75 Å². The number of alkyl halides is 3. The van der Waals surface area contributed by atoms with Gasteiger partial charge in [-0.3, -0.25) is 4.79 Å². The van der Waals surface area contributed by atoms with E-state index in [1.54, 1.807) is 6.20 Å². The van der Waals surface area contributed by atoms with Gasteiger partial charge in [-0.15, -0.1) is 0 Å². The third kappa shape index (κ3) is 4.21. The van der Waals surface area contributed by atoms with Gasteiger partial charge < -0.3 is 9.72 Å². The molecule has 1 amide bonds. The van der Waals surface area contributed by atoms with Crippen LogP contribution in [0.1, 0.15) is 11.1 Å². The first-order chi connectivity index (χ1) is 12.4. The van der Waals surface area contributed by atoms with E-state index < -0.39 is 24.3 Å². The first-order valence-electron chi connectivity index (χ1n) is 7.61. The molecular weight excluding hydrogens is 347 g/mol. The van der Waals surface area contributed by atoms with Crippen molar-refractivity contribution in [2.24, 2.45) is 5.10 Å². The van der Waals surface area contributed by atoms with Gasteiger partial charge in [0.1, 0.15) is 5.75 Å². The van der Waals surface area contributed by atoms with E-state index in [9.17, 15) is 18.0 Å². The number of hydrazone groups is 1. The summed E-state index contributed by atoms with van der Waals surface area (Å²) in [5.74, 6) is -0.630. The molecule has 3 rings (SSSR count). The Kier molecular flexibility index (Phi) is 4.92. The number of hydrogen-bond donors (Lipinski definition) is 2. The number of aromatic nitrogens is 1. The quantitative estimate of drug-likeness (QED) is 0.537. The molecule has 1 heterocycles. The number of amides is 1. The lowest BCUT2D eigenvalue weighted by atomic mass is 10.2. The molecule has 0 fully saturated rings. The van der Waals surface area contributed by atoms with Crippen molar-refractivity contribution in [1.82, 2.24) is 10.4 Å². The Bertz CT molecular complexity index is 948. The zero-order valence-electron chi connectivity index (χ0n) is 13.4. The van der Waals surface area contributed by atoms with Gasteiger partial charge in [-0.25, -0.2) is 5.43 Å². The van der Waals surface area contributed by atoms with Crippen LogP contribution in [-0.2, 0) is 11.0 Å². The Hall–Kier alpha value is -3.29. The lowest BCUT2D eigenvalue weighted by molar-refractivity contribution is -0.137. The van der Waals surface area contributed by atoms with Gasteiger partial charge in [-0.2, -0.15) is 18.3 Å². The minimum Gasteiger partial charge on any atom is -0.484 e. The summed E-state index contributed by atoms with van der Waals surface area (Å²) in [6.45, 7) is -0.452. The number of carbonyl (C=O) groups excluding carboxylic acids is 1. The summed E-state index contributed by atoms with van der Waals surface area (Å²) in [6, 6.07) is 11.9. The molecule has 0 aliphatic heterocycles. The Morgan fingerprint density at radius 2 is 2.00 bits per heavy atom. The monoisotopic (exact) mass is 361 g/mol. The number of halogens is 3. The third-order valence-corrected chi connectivity index (χ3v) is 3.55. The molecule has 8 heteroatoms. The van der Waals surface area contributed by atoms with Crippen molar-refractivity contribution >= 4 is 23.0 Å². The fourth-order valence-electron chi connectivity index (χ4n) is 2.32. The maximum absolute atomic E-state index is 12.6. The lowest BCUT2D eigenvalue weighted by Crippen LogP contribution is -2.24. The first-order valence-corrected chi connectivity index (χ1v) is 7.61. The van der Waals surface area contributed by atoms with E-state index in [1.165, 1.54) is 18.3 Å². The fraction of sp³-hybridized carbons (Fsp3) is 0.111. The largest absolute Gasteiger partial charge is 0.484 e. The van der Waals surface area contributed by atoms with Crippen molar-refractivity contribution in [1.29, 1.82) is 0 Å². The summed E-state index contributed by atoms with van der Waals surface area (Å²) in [6.07, 6.45) is -1.24. The van der Waals surface area contributed by atoms with Gasteiger partial charge in [0.05, 0.1) is 11.8 Å². The highest BCUT2D eigenvalue weighted by molar-refractivity contribution is 5.99. The lowest BCUT2D eigenvalue weighted by Gasteiger charge is -2.09. The average molecular weight is 361 g/mol. The van der Waals surface area contributed by atoms with Crippen LogP contribution in [0.4, 0.5) is 13.2 Å². The normalized spacial score (nSPS) is 11.8. The smallest absolute Gasteiger partial charge is 0.416 e. The van der Waals surface area contributed by atoms with Crippen molar-refractivity contribution in [3.05, 3.63) is 65.9 Å². The summed E-state index contributed by atoms with van der Waals surface area (Å²) in [7, 11) is 0. The fourth-order valence-corrected chi connectivity index (χ4v) is 2.32. The highest BCUT2D eigenvalue weighted by Gasteiger charge is 2.30. The highest BCUT2D eigenvalue weighted by atomic mass is 19.4. The molecule has 2 aromatic carbocycles. The molecule has 2 N–H and O–H groups in total. The molecule has 0 saturated heterocycles. The summed E-state index contributed by atoms with van der Waals surface area (Å²) in [5, 5.41) is 4.78. The SMILES string of the molecule is O=C(COc1cccc(C(F)(F)F)c1)N/N=C/c1c[nH]c2ccccc12. The number of benzene rings is 2. The molecule has 5 nitrogen and oxygen atoms in total. The van der Waals surface area contributed by atoms with Gasteiger partial charge >= 0.3 is 6.18 Å². The first kappa shape index (κ1) is 17.5. The number of nitrogens with zero attached hydrogens (tertiary/aromatic N) is 1. The molecule has 0 aliphatic carbocycles. The molecule has 3 aromatic rings. The van der Waals surface area contributed by atoms with Gasteiger partial charge in [0, 0.05) is 22.7 Å². The molecule has 0 bridgehead atoms. The summed E-state index contributed by atoms with van der Waals surface area (Å²) >= 11 is 0. The zero-order valence-corrected chi connectivity index (χ0v) is 13.4. The summed E-state index contributed by atoms with van der Waals surface area (Å²) in [4.78, 5) is 14.8. The molecule has 0 aliphatic rings. The molecule has 0 radical (unpaired) electrons. The van der Waals surface area contributed by atoms with E-state index in [-0.39, 0.29) is 5.75 Å². The van der Waals surface area contributed by atoms with E-state index in [1.807, 2.05) is 24.3 Å². The van der Waals surface area contributed by atoms with E-state index in [4.69, 9.17) is 4.74 Å². The number of nitrogens with one attached hydrogen (secondary N) is 2. The van der Waals surface area contributed by atoms with Crippen LogP contribution in [0.2, 0.25) is 0 Å².